The molecule has 1 heterocycles. The molecule has 0 aliphatic rings. The fourth-order valence-corrected chi connectivity index (χ4v) is 2.58. The van der Waals surface area contributed by atoms with E-state index < -0.39 is 0 Å². The minimum atomic E-state index is -0.203. The first-order valence-corrected chi connectivity index (χ1v) is 7.18. The fraction of sp³-hybridized carbons (Fsp3) is 0.769. The van der Waals surface area contributed by atoms with Crippen molar-refractivity contribution >= 4 is 11.3 Å². The Morgan fingerprint density at radius 1 is 1.56 bits per heavy atom. The van der Waals surface area contributed by atoms with Gasteiger partial charge in [-0.2, -0.15) is 0 Å². The maximum absolute atomic E-state index is 9.09. The lowest BCUT2D eigenvalue weighted by molar-refractivity contribution is 0.0967. The van der Waals surface area contributed by atoms with Crippen molar-refractivity contribution in [3.8, 4) is 0 Å². The molecule has 0 aliphatic heterocycles. The van der Waals surface area contributed by atoms with Crippen LogP contribution in [0.2, 0.25) is 0 Å². The Kier molecular flexibility index (Phi) is 6.21. The van der Waals surface area contributed by atoms with Gasteiger partial charge in [0.05, 0.1) is 17.3 Å². The van der Waals surface area contributed by atoms with Crippen molar-refractivity contribution < 1.29 is 9.84 Å². The predicted molar refractivity (Wildman–Crippen MR) is 75.0 cm³/mol. The third-order valence-electron chi connectivity index (χ3n) is 2.89. The number of hydrogen-bond donors (Lipinski definition) is 2. The van der Waals surface area contributed by atoms with E-state index in [2.05, 4.69) is 36.5 Å². The molecule has 104 valence electrons. The second-order valence-electron chi connectivity index (χ2n) is 5.15. The third-order valence-corrected chi connectivity index (χ3v) is 4.08. The van der Waals surface area contributed by atoms with E-state index in [0.717, 1.165) is 5.69 Å². The quantitative estimate of drug-likeness (QED) is 0.761. The monoisotopic (exact) mass is 272 g/mol. The summed E-state index contributed by atoms with van der Waals surface area (Å²) in [4.78, 5) is 4.59. The Morgan fingerprint density at radius 2 is 2.28 bits per heavy atom. The van der Waals surface area contributed by atoms with Gasteiger partial charge < -0.3 is 15.2 Å². The molecule has 0 aliphatic carbocycles. The molecule has 1 aromatic rings. The number of aliphatic hydroxyl groups is 1. The summed E-state index contributed by atoms with van der Waals surface area (Å²) < 4.78 is 5.20. The van der Waals surface area contributed by atoms with E-state index in [1.54, 1.807) is 18.4 Å². The zero-order valence-electron chi connectivity index (χ0n) is 11.7. The summed E-state index contributed by atoms with van der Waals surface area (Å²) >= 11 is 1.70. The molecule has 1 aromatic heterocycles. The molecule has 1 atom stereocenters. The molecule has 1 rings (SSSR count). The van der Waals surface area contributed by atoms with E-state index in [1.807, 2.05) is 0 Å². The van der Waals surface area contributed by atoms with Gasteiger partial charge >= 0.3 is 0 Å². The number of ether oxygens (including phenoxy) is 1. The molecular weight excluding hydrogens is 248 g/mol. The number of nitrogens with one attached hydrogen (secondary N) is 1. The number of methoxy groups -OCH3 is 1. The van der Waals surface area contributed by atoms with Crippen molar-refractivity contribution in [3.05, 3.63) is 16.1 Å². The number of hydrogen-bond acceptors (Lipinski definition) is 5. The summed E-state index contributed by atoms with van der Waals surface area (Å²) in [6.45, 7) is 7.80. The molecule has 0 radical (unpaired) electrons. The Bertz CT molecular complexity index is 347. The van der Waals surface area contributed by atoms with Crippen LogP contribution in [-0.4, -0.2) is 36.0 Å². The number of nitrogens with zero attached hydrogens (tertiary/aromatic N) is 1. The van der Waals surface area contributed by atoms with Gasteiger partial charge in [0.15, 0.2) is 0 Å². The smallest absolute Gasteiger partial charge is 0.0954 e. The first-order chi connectivity index (χ1) is 8.50. The lowest BCUT2D eigenvalue weighted by Crippen LogP contribution is -2.46. The second kappa shape index (κ2) is 7.19. The van der Waals surface area contributed by atoms with Crippen LogP contribution in [0.3, 0.4) is 0 Å². The summed E-state index contributed by atoms with van der Waals surface area (Å²) in [5.74, 6) is 0.478. The molecule has 0 fully saturated rings. The molecule has 0 amide bonds. The van der Waals surface area contributed by atoms with Crippen LogP contribution >= 0.6 is 11.3 Å². The highest BCUT2D eigenvalue weighted by Gasteiger charge is 2.23. The highest BCUT2D eigenvalue weighted by atomic mass is 32.1. The molecule has 2 N–H and O–H groups in total. The van der Waals surface area contributed by atoms with E-state index in [9.17, 15) is 0 Å². The standard InChI is InChI=1S/C13H24N2O2S/c1-10(2)12-15-11(8-18-12)7-14-13(3,5-6-16)9-17-4/h8,10,14,16H,5-7,9H2,1-4H3. The molecule has 4 nitrogen and oxygen atoms in total. The summed E-state index contributed by atoms with van der Waals surface area (Å²) in [5.41, 5.74) is 0.856. The van der Waals surface area contributed by atoms with Crippen LogP contribution < -0.4 is 5.32 Å². The van der Waals surface area contributed by atoms with Crippen LogP contribution in [0.25, 0.3) is 0 Å². The van der Waals surface area contributed by atoms with E-state index in [1.165, 1.54) is 5.01 Å². The number of thiazole rings is 1. The van der Waals surface area contributed by atoms with Crippen molar-refractivity contribution in [2.45, 2.75) is 45.2 Å². The van der Waals surface area contributed by atoms with Gasteiger partial charge in [0.25, 0.3) is 0 Å². The largest absolute Gasteiger partial charge is 0.396 e. The van der Waals surface area contributed by atoms with E-state index in [-0.39, 0.29) is 12.1 Å². The van der Waals surface area contributed by atoms with Crippen molar-refractivity contribution in [1.29, 1.82) is 0 Å². The topological polar surface area (TPSA) is 54.4 Å². The second-order valence-corrected chi connectivity index (χ2v) is 6.04. The minimum Gasteiger partial charge on any atom is -0.396 e. The third kappa shape index (κ3) is 4.65. The van der Waals surface area contributed by atoms with Crippen molar-refractivity contribution in [2.75, 3.05) is 20.3 Å². The fourth-order valence-electron chi connectivity index (χ4n) is 1.75. The van der Waals surface area contributed by atoms with Crippen LogP contribution in [0, 0.1) is 0 Å². The summed E-state index contributed by atoms with van der Waals surface area (Å²) in [6, 6.07) is 0. The van der Waals surface area contributed by atoms with Crippen molar-refractivity contribution in [1.82, 2.24) is 10.3 Å². The lowest BCUT2D eigenvalue weighted by Gasteiger charge is -2.29. The van der Waals surface area contributed by atoms with Gasteiger partial charge in [-0.1, -0.05) is 13.8 Å². The zero-order chi connectivity index (χ0) is 13.6. The van der Waals surface area contributed by atoms with Crippen LogP contribution in [0.15, 0.2) is 5.38 Å². The molecule has 0 aromatic carbocycles. The molecule has 1 unspecified atom stereocenters. The van der Waals surface area contributed by atoms with Crippen molar-refractivity contribution in [3.63, 3.8) is 0 Å². The van der Waals surface area contributed by atoms with Gasteiger partial charge in [0.1, 0.15) is 0 Å². The van der Waals surface area contributed by atoms with Gasteiger partial charge in [0, 0.05) is 37.1 Å². The molecule has 0 spiro atoms. The first-order valence-electron chi connectivity index (χ1n) is 6.30. The van der Waals surface area contributed by atoms with Gasteiger partial charge in [0.2, 0.25) is 0 Å². The SMILES string of the molecule is COCC(C)(CCO)NCc1csc(C(C)C)n1. The number of rotatable bonds is 8. The van der Waals surface area contributed by atoms with Gasteiger partial charge in [-0.3, -0.25) is 0 Å². The van der Waals surface area contributed by atoms with Crippen LogP contribution in [0.1, 0.15) is 43.8 Å². The Hall–Kier alpha value is -0.490. The first kappa shape index (κ1) is 15.6. The molecular formula is C13H24N2O2S. The average molecular weight is 272 g/mol. The molecule has 18 heavy (non-hydrogen) atoms. The molecule has 0 saturated carbocycles. The average Bonchev–Trinajstić information content (AvgIpc) is 2.76. The molecule has 5 heteroatoms. The summed E-state index contributed by atoms with van der Waals surface area (Å²) in [5, 5.41) is 15.8. The lowest BCUT2D eigenvalue weighted by atomic mass is 9.99. The van der Waals surface area contributed by atoms with E-state index in [0.29, 0.717) is 25.5 Å². The van der Waals surface area contributed by atoms with Crippen LogP contribution in [-0.2, 0) is 11.3 Å². The Morgan fingerprint density at radius 3 is 2.78 bits per heavy atom. The highest BCUT2D eigenvalue weighted by molar-refractivity contribution is 7.09. The Balaban J connectivity index is 2.55. The predicted octanol–water partition coefficient (Wildman–Crippen LogP) is 2.14. The molecule has 0 saturated heterocycles. The summed E-state index contributed by atoms with van der Waals surface area (Å²) in [7, 11) is 1.68. The van der Waals surface area contributed by atoms with Crippen molar-refractivity contribution in [2.24, 2.45) is 0 Å². The van der Waals surface area contributed by atoms with Gasteiger partial charge in [-0.25, -0.2) is 4.98 Å². The Labute approximate surface area is 113 Å². The molecule has 0 bridgehead atoms. The number of aliphatic hydroxyl groups excluding tert-OH is 1. The highest BCUT2D eigenvalue weighted by Crippen LogP contribution is 2.19. The summed E-state index contributed by atoms with van der Waals surface area (Å²) in [6.07, 6.45) is 0.669. The minimum absolute atomic E-state index is 0.154. The van der Waals surface area contributed by atoms with E-state index in [4.69, 9.17) is 9.84 Å². The normalized spacial score (nSPS) is 15.0. The van der Waals surface area contributed by atoms with E-state index >= 15 is 0 Å². The van der Waals surface area contributed by atoms with Gasteiger partial charge in [-0.15, -0.1) is 11.3 Å². The zero-order valence-corrected chi connectivity index (χ0v) is 12.5. The van der Waals surface area contributed by atoms with Crippen LogP contribution in [0.4, 0.5) is 0 Å². The maximum atomic E-state index is 9.09. The maximum Gasteiger partial charge on any atom is 0.0954 e. The number of aromatic nitrogens is 1. The van der Waals surface area contributed by atoms with Gasteiger partial charge in [-0.05, 0) is 13.3 Å². The van der Waals surface area contributed by atoms with Crippen LogP contribution in [0.5, 0.6) is 0 Å².